The second-order valence-electron chi connectivity index (χ2n) is 7.20. The van der Waals surface area contributed by atoms with Crippen LogP contribution in [0, 0.1) is 10.1 Å². The fraction of sp³-hybridized carbons (Fsp3) is 0.238. The maximum atomic E-state index is 12.8. The van der Waals surface area contributed by atoms with Gasteiger partial charge in [0.15, 0.2) is 0 Å². The van der Waals surface area contributed by atoms with E-state index in [1.54, 1.807) is 54.6 Å². The van der Waals surface area contributed by atoms with Crippen LogP contribution in [0.4, 0.5) is 11.4 Å². The topological polar surface area (TPSA) is 123 Å². The molecule has 4 rings (SSSR count). The van der Waals surface area contributed by atoms with Gasteiger partial charge in [-0.1, -0.05) is 18.2 Å². The summed E-state index contributed by atoms with van der Waals surface area (Å²) >= 11 is 0. The van der Waals surface area contributed by atoms with Crippen LogP contribution in [0.15, 0.2) is 76.2 Å². The first-order valence-electron chi connectivity index (χ1n) is 9.75. The van der Waals surface area contributed by atoms with Crippen molar-refractivity contribution in [1.82, 2.24) is 4.31 Å². The van der Waals surface area contributed by atoms with Crippen LogP contribution in [0.25, 0.3) is 0 Å². The lowest BCUT2D eigenvalue weighted by Crippen LogP contribution is -2.48. The fourth-order valence-corrected chi connectivity index (χ4v) is 5.15. The molecule has 1 aliphatic heterocycles. The summed E-state index contributed by atoms with van der Waals surface area (Å²) in [6, 6.07) is 15.7. The van der Waals surface area contributed by atoms with E-state index in [0.29, 0.717) is 37.5 Å². The van der Waals surface area contributed by atoms with Gasteiger partial charge in [0.25, 0.3) is 5.69 Å². The first kappa shape index (κ1) is 21.0. The number of nitrogens with zero attached hydrogens (tertiary/aromatic N) is 3. The molecule has 2 heterocycles. The molecule has 9 nitrogen and oxygen atoms in total. The van der Waals surface area contributed by atoms with Crippen molar-refractivity contribution in [1.29, 1.82) is 0 Å². The van der Waals surface area contributed by atoms with Gasteiger partial charge in [0.05, 0.1) is 27.7 Å². The number of nitro groups is 1. The predicted molar refractivity (Wildman–Crippen MR) is 115 cm³/mol. The lowest BCUT2D eigenvalue weighted by molar-refractivity contribution is -0.385. The van der Waals surface area contributed by atoms with Crippen molar-refractivity contribution in [2.24, 2.45) is 5.73 Å². The van der Waals surface area contributed by atoms with Gasteiger partial charge in [0.2, 0.25) is 10.0 Å². The Morgan fingerprint density at radius 2 is 1.71 bits per heavy atom. The Morgan fingerprint density at radius 3 is 2.32 bits per heavy atom. The third-order valence-corrected chi connectivity index (χ3v) is 7.29. The second-order valence-corrected chi connectivity index (χ2v) is 9.14. The molecule has 1 unspecified atom stereocenters. The number of furan rings is 1. The van der Waals surface area contributed by atoms with Crippen LogP contribution >= 0.6 is 0 Å². The highest BCUT2D eigenvalue weighted by molar-refractivity contribution is 7.89. The zero-order valence-corrected chi connectivity index (χ0v) is 17.4. The molecule has 0 radical (unpaired) electrons. The summed E-state index contributed by atoms with van der Waals surface area (Å²) < 4.78 is 32.4. The van der Waals surface area contributed by atoms with E-state index in [4.69, 9.17) is 10.2 Å². The molecule has 0 aliphatic carbocycles. The summed E-state index contributed by atoms with van der Waals surface area (Å²) in [5.74, 6) is 0.430. The molecule has 10 heteroatoms. The van der Waals surface area contributed by atoms with E-state index in [9.17, 15) is 18.5 Å². The van der Waals surface area contributed by atoms with Gasteiger partial charge >= 0.3 is 0 Å². The number of rotatable bonds is 6. The summed E-state index contributed by atoms with van der Waals surface area (Å²) in [5, 5.41) is 11.5. The number of hydrogen-bond acceptors (Lipinski definition) is 7. The van der Waals surface area contributed by atoms with E-state index < -0.39 is 21.0 Å². The average molecular weight is 442 g/mol. The zero-order chi connectivity index (χ0) is 22.0. The quantitative estimate of drug-likeness (QED) is 0.460. The van der Waals surface area contributed by atoms with Crippen LogP contribution < -0.4 is 10.6 Å². The van der Waals surface area contributed by atoms with Gasteiger partial charge in [0.1, 0.15) is 5.76 Å². The molecule has 1 saturated heterocycles. The molecule has 162 valence electrons. The second kappa shape index (κ2) is 8.50. The number of hydrogen-bond donors (Lipinski definition) is 1. The Hall–Kier alpha value is -3.21. The standard InChI is InChI=1S/C21H22N4O5S/c22-21(20-7-4-14-30-20)18-15-16(8-9-19(18)25(26)27)23-10-12-24(13-11-23)31(28,29)17-5-2-1-3-6-17/h1-9,14-15,21H,10-13,22H2. The van der Waals surface area contributed by atoms with Crippen LogP contribution in [0.5, 0.6) is 0 Å². The van der Waals surface area contributed by atoms with Crippen molar-refractivity contribution in [3.05, 3.63) is 88.4 Å². The Morgan fingerprint density at radius 1 is 1.00 bits per heavy atom. The van der Waals surface area contributed by atoms with Crippen molar-refractivity contribution in [3.63, 3.8) is 0 Å². The van der Waals surface area contributed by atoms with Crippen molar-refractivity contribution in [3.8, 4) is 0 Å². The third kappa shape index (κ3) is 4.18. The maximum Gasteiger partial charge on any atom is 0.274 e. The van der Waals surface area contributed by atoms with Crippen LogP contribution in [-0.4, -0.2) is 43.8 Å². The molecule has 31 heavy (non-hydrogen) atoms. The zero-order valence-electron chi connectivity index (χ0n) is 16.6. The van der Waals surface area contributed by atoms with E-state index in [-0.39, 0.29) is 10.6 Å². The van der Waals surface area contributed by atoms with Crippen LogP contribution in [0.2, 0.25) is 0 Å². The Kier molecular flexibility index (Phi) is 5.77. The summed E-state index contributed by atoms with van der Waals surface area (Å²) in [6.07, 6.45) is 1.47. The molecule has 3 aromatic rings. The predicted octanol–water partition coefficient (Wildman–Crippen LogP) is 2.75. The normalized spacial score (nSPS) is 16.2. The fourth-order valence-electron chi connectivity index (χ4n) is 3.70. The lowest BCUT2D eigenvalue weighted by Gasteiger charge is -2.35. The van der Waals surface area contributed by atoms with Crippen LogP contribution in [-0.2, 0) is 10.0 Å². The molecule has 0 bridgehead atoms. The number of nitro benzene ring substituents is 1. The molecule has 1 atom stereocenters. The molecular weight excluding hydrogens is 420 g/mol. The number of sulfonamides is 1. The van der Waals surface area contributed by atoms with Gasteiger partial charge in [-0.25, -0.2) is 8.42 Å². The van der Waals surface area contributed by atoms with Crippen molar-refractivity contribution >= 4 is 21.4 Å². The molecular formula is C21H22N4O5S. The SMILES string of the molecule is NC(c1ccco1)c1cc(N2CCN(S(=O)(=O)c3ccccc3)CC2)ccc1[N+](=O)[O-]. The van der Waals surface area contributed by atoms with Gasteiger partial charge < -0.3 is 15.1 Å². The van der Waals surface area contributed by atoms with E-state index in [1.807, 2.05) is 4.90 Å². The molecule has 2 N–H and O–H groups in total. The highest BCUT2D eigenvalue weighted by atomic mass is 32.2. The Balaban J connectivity index is 1.55. The Labute approximate surface area is 179 Å². The highest BCUT2D eigenvalue weighted by Gasteiger charge is 2.30. The number of piperazine rings is 1. The molecule has 0 spiro atoms. The largest absolute Gasteiger partial charge is 0.467 e. The molecule has 1 fully saturated rings. The molecule has 1 aliphatic rings. The van der Waals surface area contributed by atoms with Crippen molar-refractivity contribution < 1.29 is 17.8 Å². The van der Waals surface area contributed by atoms with Gasteiger partial charge in [-0.05, 0) is 36.4 Å². The minimum atomic E-state index is -3.55. The van der Waals surface area contributed by atoms with Crippen molar-refractivity contribution in [2.45, 2.75) is 10.9 Å². The van der Waals surface area contributed by atoms with Gasteiger partial charge in [-0.3, -0.25) is 10.1 Å². The summed E-state index contributed by atoms with van der Waals surface area (Å²) in [7, 11) is -3.55. The monoisotopic (exact) mass is 442 g/mol. The third-order valence-electron chi connectivity index (χ3n) is 5.38. The number of benzene rings is 2. The lowest BCUT2D eigenvalue weighted by atomic mass is 10.0. The molecule has 0 amide bonds. The van der Waals surface area contributed by atoms with E-state index >= 15 is 0 Å². The maximum absolute atomic E-state index is 12.8. The molecule has 2 aromatic carbocycles. The summed E-state index contributed by atoms with van der Waals surface area (Å²) in [6.45, 7) is 1.54. The summed E-state index contributed by atoms with van der Waals surface area (Å²) in [4.78, 5) is 13.3. The first-order valence-corrected chi connectivity index (χ1v) is 11.2. The molecule has 0 saturated carbocycles. The van der Waals surface area contributed by atoms with Crippen LogP contribution in [0.1, 0.15) is 17.4 Å². The first-order chi connectivity index (χ1) is 14.9. The van der Waals surface area contributed by atoms with Gasteiger partial charge in [-0.15, -0.1) is 0 Å². The minimum absolute atomic E-state index is 0.0852. The van der Waals surface area contributed by atoms with E-state index in [2.05, 4.69) is 0 Å². The van der Waals surface area contributed by atoms with E-state index in [0.717, 1.165) is 5.69 Å². The van der Waals surface area contributed by atoms with Gasteiger partial charge in [0, 0.05) is 37.9 Å². The Bertz CT molecular complexity index is 1160. The number of nitrogens with two attached hydrogens (primary N) is 1. The highest BCUT2D eigenvalue weighted by Crippen LogP contribution is 2.33. The number of anilines is 1. The smallest absolute Gasteiger partial charge is 0.274 e. The average Bonchev–Trinajstić information content (AvgIpc) is 3.34. The van der Waals surface area contributed by atoms with Gasteiger partial charge in [-0.2, -0.15) is 4.31 Å². The minimum Gasteiger partial charge on any atom is -0.467 e. The van der Waals surface area contributed by atoms with E-state index in [1.165, 1.54) is 16.6 Å². The van der Waals surface area contributed by atoms with Crippen molar-refractivity contribution in [2.75, 3.05) is 31.1 Å². The summed E-state index contributed by atoms with van der Waals surface area (Å²) in [5.41, 5.74) is 7.25. The molecule has 1 aromatic heterocycles. The van der Waals surface area contributed by atoms with Crippen LogP contribution in [0.3, 0.4) is 0 Å².